The first-order chi connectivity index (χ1) is 10.8. The van der Waals surface area contributed by atoms with Gasteiger partial charge >= 0.3 is 0 Å². The predicted octanol–water partition coefficient (Wildman–Crippen LogP) is 3.36. The standard InChI is InChI=1S/C17H22N4O/c1-4-14(6-7-16(5-2)22-3)17-19-9-11-21(17)10-8-15-12-18-13-20-15/h4-7,9,11-13H,8,10H2,1-3H3,(H,18,20)/b7-6-,14-4-,16-5-. The number of hydrogen-bond donors (Lipinski definition) is 1. The fourth-order valence-corrected chi connectivity index (χ4v) is 2.17. The van der Waals surface area contributed by atoms with Gasteiger partial charge in [0.1, 0.15) is 11.6 Å². The van der Waals surface area contributed by atoms with Gasteiger partial charge in [-0.25, -0.2) is 9.97 Å². The van der Waals surface area contributed by atoms with Gasteiger partial charge in [-0.15, -0.1) is 0 Å². The number of H-pyrrole nitrogens is 1. The molecule has 2 aromatic rings. The van der Waals surface area contributed by atoms with Crippen LogP contribution in [-0.2, 0) is 17.7 Å². The summed E-state index contributed by atoms with van der Waals surface area (Å²) in [5, 5.41) is 0. The zero-order chi connectivity index (χ0) is 15.8. The number of aromatic amines is 1. The molecule has 5 heteroatoms. The highest BCUT2D eigenvalue weighted by Gasteiger charge is 2.07. The van der Waals surface area contributed by atoms with E-state index in [0.717, 1.165) is 35.8 Å². The molecule has 5 nitrogen and oxygen atoms in total. The topological polar surface area (TPSA) is 55.7 Å². The van der Waals surface area contributed by atoms with E-state index < -0.39 is 0 Å². The third-order valence-corrected chi connectivity index (χ3v) is 3.40. The van der Waals surface area contributed by atoms with Crippen molar-refractivity contribution in [2.24, 2.45) is 0 Å². The van der Waals surface area contributed by atoms with Crippen molar-refractivity contribution in [1.82, 2.24) is 19.5 Å². The van der Waals surface area contributed by atoms with E-state index in [-0.39, 0.29) is 0 Å². The maximum atomic E-state index is 5.25. The van der Waals surface area contributed by atoms with E-state index in [1.807, 2.05) is 56.7 Å². The van der Waals surface area contributed by atoms with Crippen LogP contribution in [0.3, 0.4) is 0 Å². The van der Waals surface area contributed by atoms with Crippen LogP contribution in [0.25, 0.3) is 5.57 Å². The minimum Gasteiger partial charge on any atom is -0.497 e. The van der Waals surface area contributed by atoms with E-state index >= 15 is 0 Å². The average Bonchev–Trinajstić information content (AvgIpc) is 3.21. The van der Waals surface area contributed by atoms with Crippen molar-refractivity contribution < 1.29 is 4.74 Å². The minimum absolute atomic E-state index is 0.828. The number of nitrogens with zero attached hydrogens (tertiary/aromatic N) is 3. The molecule has 0 atom stereocenters. The summed E-state index contributed by atoms with van der Waals surface area (Å²) in [6.45, 7) is 4.80. The first-order valence-electron chi connectivity index (χ1n) is 7.32. The molecular formula is C17H22N4O. The molecule has 0 bridgehead atoms. The lowest BCUT2D eigenvalue weighted by molar-refractivity contribution is 0.306. The molecule has 0 aliphatic heterocycles. The minimum atomic E-state index is 0.828. The molecule has 0 spiro atoms. The van der Waals surface area contributed by atoms with E-state index in [9.17, 15) is 0 Å². The van der Waals surface area contributed by atoms with Crippen LogP contribution in [0.4, 0.5) is 0 Å². The molecule has 22 heavy (non-hydrogen) atoms. The second-order valence-electron chi connectivity index (χ2n) is 4.73. The Morgan fingerprint density at radius 1 is 1.27 bits per heavy atom. The molecular weight excluding hydrogens is 276 g/mol. The fourth-order valence-electron chi connectivity index (χ4n) is 2.17. The lowest BCUT2D eigenvalue weighted by atomic mass is 10.2. The van der Waals surface area contributed by atoms with Gasteiger partial charge in [0, 0.05) is 37.1 Å². The number of methoxy groups -OCH3 is 1. The maximum Gasteiger partial charge on any atom is 0.139 e. The molecule has 0 aliphatic rings. The molecule has 2 aromatic heterocycles. The van der Waals surface area contributed by atoms with Gasteiger partial charge in [0.2, 0.25) is 0 Å². The maximum absolute atomic E-state index is 5.25. The molecule has 0 unspecified atom stereocenters. The highest BCUT2D eigenvalue weighted by Crippen LogP contribution is 2.16. The molecule has 2 rings (SSSR count). The Bertz CT molecular complexity index is 663. The largest absolute Gasteiger partial charge is 0.497 e. The quantitative estimate of drug-likeness (QED) is 0.630. The van der Waals surface area contributed by atoms with Gasteiger partial charge in [0.15, 0.2) is 0 Å². The molecule has 0 aliphatic carbocycles. The van der Waals surface area contributed by atoms with Gasteiger partial charge in [-0.05, 0) is 32.1 Å². The molecule has 0 aromatic carbocycles. The molecule has 0 radical (unpaired) electrons. The number of aryl methyl sites for hydroxylation is 2. The van der Waals surface area contributed by atoms with E-state index in [2.05, 4.69) is 19.5 Å². The Kier molecular flexibility index (Phi) is 5.77. The van der Waals surface area contributed by atoms with Crippen LogP contribution in [-0.4, -0.2) is 26.6 Å². The predicted molar refractivity (Wildman–Crippen MR) is 88.1 cm³/mol. The number of rotatable bonds is 7. The summed E-state index contributed by atoms with van der Waals surface area (Å²) in [6, 6.07) is 0. The van der Waals surface area contributed by atoms with Crippen molar-refractivity contribution >= 4 is 5.57 Å². The second kappa shape index (κ2) is 8.02. The van der Waals surface area contributed by atoms with Gasteiger partial charge < -0.3 is 14.3 Å². The first-order valence-corrected chi connectivity index (χ1v) is 7.32. The van der Waals surface area contributed by atoms with Gasteiger partial charge in [0.25, 0.3) is 0 Å². The highest BCUT2D eigenvalue weighted by atomic mass is 16.5. The lowest BCUT2D eigenvalue weighted by Gasteiger charge is -2.08. The van der Waals surface area contributed by atoms with E-state index in [0.29, 0.717) is 0 Å². The third-order valence-electron chi connectivity index (χ3n) is 3.40. The molecule has 0 fully saturated rings. The fraction of sp³-hybridized carbons (Fsp3) is 0.294. The normalized spacial score (nSPS) is 13.0. The number of aromatic nitrogens is 4. The zero-order valence-corrected chi connectivity index (χ0v) is 13.3. The summed E-state index contributed by atoms with van der Waals surface area (Å²) in [7, 11) is 1.67. The van der Waals surface area contributed by atoms with Crippen LogP contribution < -0.4 is 0 Å². The average molecular weight is 298 g/mol. The Morgan fingerprint density at radius 3 is 2.77 bits per heavy atom. The monoisotopic (exact) mass is 298 g/mol. The molecule has 0 amide bonds. The SMILES string of the molecule is C/C=C(/C=C\C(=C\C)c1nccn1CCc1c[nH]cn1)OC. The summed E-state index contributed by atoms with van der Waals surface area (Å²) in [5.41, 5.74) is 2.11. The highest BCUT2D eigenvalue weighted by molar-refractivity contribution is 5.70. The number of imidazole rings is 2. The smallest absolute Gasteiger partial charge is 0.139 e. The first kappa shape index (κ1) is 15.8. The Balaban J connectivity index is 2.12. The Hall–Kier alpha value is -2.56. The van der Waals surface area contributed by atoms with Gasteiger partial charge in [-0.1, -0.05) is 6.08 Å². The third kappa shape index (κ3) is 3.97. The van der Waals surface area contributed by atoms with E-state index in [4.69, 9.17) is 4.74 Å². The van der Waals surface area contributed by atoms with E-state index in [1.165, 1.54) is 0 Å². The summed E-state index contributed by atoms with van der Waals surface area (Å²) >= 11 is 0. The lowest BCUT2D eigenvalue weighted by Crippen LogP contribution is -2.05. The molecule has 116 valence electrons. The van der Waals surface area contributed by atoms with Crippen molar-refractivity contribution in [3.63, 3.8) is 0 Å². The van der Waals surface area contributed by atoms with Gasteiger partial charge in [-0.2, -0.15) is 0 Å². The summed E-state index contributed by atoms with van der Waals surface area (Å²) in [5.74, 6) is 1.77. The van der Waals surface area contributed by atoms with Crippen molar-refractivity contribution in [2.75, 3.05) is 7.11 Å². The number of hydrogen-bond acceptors (Lipinski definition) is 3. The van der Waals surface area contributed by atoms with Crippen LogP contribution in [0.15, 0.2) is 55.0 Å². The molecule has 0 saturated carbocycles. The van der Waals surface area contributed by atoms with Crippen molar-refractivity contribution in [3.8, 4) is 0 Å². The van der Waals surface area contributed by atoms with Crippen molar-refractivity contribution in [2.45, 2.75) is 26.8 Å². The van der Waals surface area contributed by atoms with Crippen LogP contribution in [0.5, 0.6) is 0 Å². The summed E-state index contributed by atoms with van der Waals surface area (Å²) in [6.07, 6.45) is 16.2. The summed E-state index contributed by atoms with van der Waals surface area (Å²) < 4.78 is 7.38. The van der Waals surface area contributed by atoms with E-state index in [1.54, 1.807) is 13.4 Å². The molecule has 0 saturated heterocycles. The van der Waals surface area contributed by atoms with Crippen LogP contribution in [0.1, 0.15) is 25.4 Å². The zero-order valence-electron chi connectivity index (χ0n) is 13.3. The number of ether oxygens (including phenoxy) is 1. The number of nitrogens with one attached hydrogen (secondary N) is 1. The van der Waals surface area contributed by atoms with Crippen molar-refractivity contribution in [1.29, 1.82) is 0 Å². The van der Waals surface area contributed by atoms with Crippen LogP contribution >= 0.6 is 0 Å². The van der Waals surface area contributed by atoms with Crippen molar-refractivity contribution in [3.05, 3.63) is 66.5 Å². The number of allylic oxidation sites excluding steroid dienone is 5. The van der Waals surface area contributed by atoms with Gasteiger partial charge in [-0.3, -0.25) is 0 Å². The Labute approximate surface area is 131 Å². The molecule has 1 N–H and O–H groups in total. The van der Waals surface area contributed by atoms with Crippen LogP contribution in [0, 0.1) is 0 Å². The summed E-state index contributed by atoms with van der Waals surface area (Å²) in [4.78, 5) is 11.7. The van der Waals surface area contributed by atoms with Crippen LogP contribution in [0.2, 0.25) is 0 Å². The Morgan fingerprint density at radius 2 is 2.14 bits per heavy atom. The van der Waals surface area contributed by atoms with Gasteiger partial charge in [0.05, 0.1) is 19.1 Å². The second-order valence-corrected chi connectivity index (χ2v) is 4.73. The molecule has 2 heterocycles.